The molecule has 768 valence electrons. The van der Waals surface area contributed by atoms with Gasteiger partial charge < -0.3 is 137 Å². The third kappa shape index (κ3) is 24.3. The van der Waals surface area contributed by atoms with Crippen LogP contribution in [-0.4, -0.2) is 167 Å². The third-order valence-corrected chi connectivity index (χ3v) is 25.4. The molecule has 0 aliphatic carbocycles. The molecule has 14 aromatic rings. The Morgan fingerprint density at radius 2 is 0.336 bits per heavy atom. The minimum atomic E-state index is -0.395. The third-order valence-electron chi connectivity index (χ3n) is 25.4. The highest BCUT2D eigenvalue weighted by Gasteiger charge is 2.40. The van der Waals surface area contributed by atoms with Gasteiger partial charge in [-0.1, -0.05) is 84.9 Å². The second-order valence-corrected chi connectivity index (χ2v) is 34.5. The lowest BCUT2D eigenvalue weighted by molar-refractivity contribution is -0.136. The second-order valence-electron chi connectivity index (χ2n) is 34.5. The minimum Gasteiger partial charge on any atom is -0.508 e. The highest BCUT2D eigenvalue weighted by Crippen LogP contribution is 2.55. The summed E-state index contributed by atoms with van der Waals surface area (Å²) in [6.07, 6.45) is 1.09. The maximum atomic E-state index is 11.9. The van der Waals surface area contributed by atoms with E-state index < -0.39 is 11.9 Å². The molecule has 149 heavy (non-hydrogen) atoms. The summed E-state index contributed by atoms with van der Waals surface area (Å²) in [7, 11) is 13.8. The van der Waals surface area contributed by atoms with Crippen LogP contribution in [0.5, 0.6) is 161 Å². The topological polar surface area (TPSA) is 510 Å². The molecule has 0 unspecified atom stereocenters. The standard InChI is InChI=1S/2C17H16O5.5C16H14O5/c2*1-20-11-5-3-10(4-6-11)13-9-16(19)22-15-8-12(21-2)7-14(18)17(13)15;2*1-20-11-4-2-9(3-5-11)12-8-15(19)21-14-7-10(17)6-13(18)16(12)14;2*1-20-11-6-13(18)16-12(8-15(19)21-14(16)7-11)9-2-4-10(17)5-3-9;1-20-13-6-11(18)7-14-16(13)12(8-15(19)21-14)9-2-4-10(17)5-3-9/h2*3-8,13,18H,9H2,1-2H3;5*2-7,12,17-18H,8H2,1H3/t2*13-;5*12-/m1010100/s1. The summed E-state index contributed by atoms with van der Waals surface area (Å²) in [5, 5.41) is 118. The molecule has 12 N–H and O–H groups in total. The number of phenols is 12. The van der Waals surface area contributed by atoms with Crippen molar-refractivity contribution in [1.82, 2.24) is 0 Å². The van der Waals surface area contributed by atoms with Crippen molar-refractivity contribution in [3.05, 3.63) is 333 Å². The molecule has 35 nitrogen and oxygen atoms in total. The van der Waals surface area contributed by atoms with Crippen molar-refractivity contribution in [1.29, 1.82) is 0 Å². The lowest BCUT2D eigenvalue weighted by Gasteiger charge is -2.26. The van der Waals surface area contributed by atoms with Crippen LogP contribution in [0, 0.1) is 0 Å². The molecule has 0 amide bonds. The monoisotopic (exact) mass is 2030 g/mol. The highest BCUT2D eigenvalue weighted by atomic mass is 16.6. The van der Waals surface area contributed by atoms with Gasteiger partial charge in [-0.2, -0.15) is 0 Å². The Balaban J connectivity index is 0.000000130. The molecular formula is C114H102O35. The molecule has 0 fully saturated rings. The molecule has 7 aliphatic heterocycles. The predicted octanol–water partition coefficient (Wildman–Crippen LogP) is 18.4. The van der Waals surface area contributed by atoms with E-state index in [9.17, 15) is 94.8 Å². The normalized spacial score (nSPS) is 16.9. The van der Waals surface area contributed by atoms with Crippen LogP contribution in [0.25, 0.3) is 0 Å². The quantitative estimate of drug-likeness (QED) is 0.0316. The molecule has 0 saturated carbocycles. The molecule has 7 heterocycles. The molecule has 0 aromatic heterocycles. The van der Waals surface area contributed by atoms with Crippen LogP contribution >= 0.6 is 0 Å². The number of hydrogen-bond acceptors (Lipinski definition) is 35. The van der Waals surface area contributed by atoms with E-state index in [1.165, 1.54) is 96.2 Å². The first-order valence-electron chi connectivity index (χ1n) is 46.2. The van der Waals surface area contributed by atoms with E-state index in [2.05, 4.69) is 0 Å². The van der Waals surface area contributed by atoms with Gasteiger partial charge in [0.2, 0.25) is 0 Å². The molecule has 0 spiro atoms. The fourth-order valence-corrected chi connectivity index (χ4v) is 18.3. The number of benzene rings is 14. The smallest absolute Gasteiger partial charge is 0.312 e. The molecule has 0 saturated heterocycles. The summed E-state index contributed by atoms with van der Waals surface area (Å²) in [6.45, 7) is 0. The molecule has 0 radical (unpaired) electrons. The number of methoxy groups -OCH3 is 9. The van der Waals surface area contributed by atoms with E-state index in [-0.39, 0.29) is 197 Å². The average Bonchev–Trinajstić information content (AvgIpc) is 0.901. The van der Waals surface area contributed by atoms with Crippen molar-refractivity contribution in [3.63, 3.8) is 0 Å². The van der Waals surface area contributed by atoms with E-state index in [4.69, 9.17) is 75.8 Å². The zero-order chi connectivity index (χ0) is 106. The van der Waals surface area contributed by atoms with Crippen molar-refractivity contribution in [2.24, 2.45) is 0 Å². The lowest BCUT2D eigenvalue weighted by Crippen LogP contribution is -2.21. The average molecular weight is 2030 g/mol. The maximum absolute atomic E-state index is 11.9. The number of esters is 7. The predicted molar refractivity (Wildman–Crippen MR) is 534 cm³/mol. The van der Waals surface area contributed by atoms with Gasteiger partial charge in [0.15, 0.2) is 0 Å². The van der Waals surface area contributed by atoms with Crippen LogP contribution < -0.4 is 75.8 Å². The fourth-order valence-electron chi connectivity index (χ4n) is 18.3. The van der Waals surface area contributed by atoms with Gasteiger partial charge in [-0.05, 0) is 124 Å². The summed E-state index contributed by atoms with van der Waals surface area (Å²) in [4.78, 5) is 82.6. The van der Waals surface area contributed by atoms with Crippen LogP contribution in [0.3, 0.4) is 0 Å². The van der Waals surface area contributed by atoms with Crippen LogP contribution in [0.4, 0.5) is 0 Å². The first-order valence-corrected chi connectivity index (χ1v) is 46.2. The van der Waals surface area contributed by atoms with Crippen molar-refractivity contribution in [3.8, 4) is 161 Å². The number of carbonyl (C=O) groups is 7. The van der Waals surface area contributed by atoms with E-state index in [0.29, 0.717) is 102 Å². The number of rotatable bonds is 16. The van der Waals surface area contributed by atoms with Gasteiger partial charge in [0.05, 0.1) is 109 Å². The van der Waals surface area contributed by atoms with Crippen molar-refractivity contribution < 1.29 is 171 Å². The Hall–Kier alpha value is -18.8. The summed E-state index contributed by atoms with van der Waals surface area (Å²) in [5.41, 5.74) is 10.2. The molecule has 0 bridgehead atoms. The van der Waals surface area contributed by atoms with Crippen LogP contribution in [-0.2, 0) is 33.6 Å². The summed E-state index contributed by atoms with van der Waals surface area (Å²) in [5.74, 6) is 2.69. The number of ether oxygens (including phenoxy) is 16. The zero-order valence-corrected chi connectivity index (χ0v) is 81.5. The largest absolute Gasteiger partial charge is 0.508 e. The van der Waals surface area contributed by atoms with Gasteiger partial charge >= 0.3 is 41.8 Å². The fraction of sp³-hybridized carbons (Fsp3) is 0.202. The number of phenolic OH excluding ortho intramolecular Hbond substituents is 12. The zero-order valence-electron chi connectivity index (χ0n) is 81.5. The molecular weight excluding hydrogens is 1930 g/mol. The van der Waals surface area contributed by atoms with E-state index in [0.717, 1.165) is 56.0 Å². The Bertz CT molecular complexity index is 6910. The van der Waals surface area contributed by atoms with Gasteiger partial charge in [0.25, 0.3) is 0 Å². The molecule has 7 aliphatic rings. The van der Waals surface area contributed by atoms with Gasteiger partial charge in [-0.15, -0.1) is 0 Å². The SMILES string of the molecule is COc1cc(O)c2c(c1)OC(=O)C[C@@H]2c1ccc(O)cc1.COc1cc(O)c2c(c1)OC(=O)C[C@H]2c1ccc(O)cc1.COc1cc(O)cc2c1[C@H](c1ccc(O)cc1)CC(=O)O2.COc1ccc([C@@H]2CC(=O)Oc3cc(O)cc(O)c32)cc1.COc1ccc([C@@H]2CC(=O)Oc3cc(OC)cc(O)c32)cc1.COc1ccc([C@H]2CC(=O)Oc3cc(O)cc(O)c32)cc1.COc1ccc([C@H]2CC(=O)Oc3cc(OC)cc(O)c32)cc1. The Labute approximate surface area is 852 Å². The minimum absolute atomic E-state index is 0.0231. The van der Waals surface area contributed by atoms with Crippen LogP contribution in [0.2, 0.25) is 0 Å². The summed E-state index contributed by atoms with van der Waals surface area (Å²) < 4.78 is 82.5. The van der Waals surface area contributed by atoms with Gasteiger partial charge in [-0.3, -0.25) is 33.6 Å². The van der Waals surface area contributed by atoms with Crippen LogP contribution in [0.1, 0.15) is 164 Å². The molecule has 21 rings (SSSR count). The number of carbonyl (C=O) groups excluding carboxylic acids is 7. The maximum Gasteiger partial charge on any atom is 0.312 e. The van der Waals surface area contributed by atoms with Gasteiger partial charge in [0, 0.05) is 165 Å². The van der Waals surface area contributed by atoms with Gasteiger partial charge in [0.1, 0.15) is 161 Å². The Morgan fingerprint density at radius 1 is 0.174 bits per heavy atom. The lowest BCUT2D eigenvalue weighted by atomic mass is 9.85. The van der Waals surface area contributed by atoms with E-state index >= 15 is 0 Å². The van der Waals surface area contributed by atoms with E-state index in [1.54, 1.807) is 150 Å². The number of aromatic hydroxyl groups is 12. The molecule has 35 heteroatoms. The molecule has 7 atom stereocenters. The van der Waals surface area contributed by atoms with E-state index in [1.807, 2.05) is 72.8 Å². The second kappa shape index (κ2) is 46.3. The molecule has 14 aromatic carbocycles. The first kappa shape index (κ1) is 104. The van der Waals surface area contributed by atoms with Crippen molar-refractivity contribution >= 4 is 41.8 Å². The highest BCUT2D eigenvalue weighted by molar-refractivity contribution is 5.85. The van der Waals surface area contributed by atoms with Crippen molar-refractivity contribution in [2.45, 2.75) is 86.4 Å². The van der Waals surface area contributed by atoms with Gasteiger partial charge in [-0.25, -0.2) is 0 Å². The van der Waals surface area contributed by atoms with Crippen molar-refractivity contribution in [2.75, 3.05) is 64.0 Å². The number of fused-ring (bicyclic) bond motifs is 7. The van der Waals surface area contributed by atoms with Crippen LogP contribution in [0.15, 0.2) is 255 Å². The Kier molecular flexibility index (Phi) is 32.4. The Morgan fingerprint density at radius 3 is 0.523 bits per heavy atom. The summed E-state index contributed by atoms with van der Waals surface area (Å²) in [6, 6.07) is 69.7. The number of hydrogen-bond donors (Lipinski definition) is 12. The summed E-state index contributed by atoms with van der Waals surface area (Å²) >= 11 is 0. The first-order chi connectivity index (χ1) is 71.6.